The number of rotatable bonds is 1. The van der Waals surface area contributed by atoms with Gasteiger partial charge in [0.05, 0.1) is 12.4 Å². The molecule has 2 heterocycles. The largest absolute Gasteiger partial charge is 0.504 e. The van der Waals surface area contributed by atoms with Crippen molar-refractivity contribution in [1.82, 2.24) is 14.6 Å². The van der Waals surface area contributed by atoms with Gasteiger partial charge in [0.25, 0.3) is 0 Å². The quantitative estimate of drug-likeness (QED) is 0.684. The summed E-state index contributed by atoms with van der Waals surface area (Å²) in [5.41, 5.74) is 0.0344. The molecule has 6 nitrogen and oxygen atoms in total. The number of halogens is 1. The summed E-state index contributed by atoms with van der Waals surface area (Å²) in [5, 5.41) is 21.4. The van der Waals surface area contributed by atoms with Gasteiger partial charge in [0.1, 0.15) is 5.56 Å². The zero-order valence-corrected chi connectivity index (χ0v) is 7.43. The van der Waals surface area contributed by atoms with Gasteiger partial charge in [-0.2, -0.15) is 5.10 Å². The minimum absolute atomic E-state index is 0.0631. The Balaban J connectivity index is 2.80. The van der Waals surface area contributed by atoms with Gasteiger partial charge in [-0.15, -0.1) is 0 Å². The van der Waals surface area contributed by atoms with Crippen LogP contribution in [0.3, 0.4) is 0 Å². The highest BCUT2D eigenvalue weighted by atomic mass is 35.5. The van der Waals surface area contributed by atoms with Crippen LogP contribution in [0, 0.1) is 0 Å². The van der Waals surface area contributed by atoms with E-state index in [1.807, 2.05) is 0 Å². The predicted molar refractivity (Wildman–Crippen MR) is 46.6 cm³/mol. The van der Waals surface area contributed by atoms with Gasteiger partial charge in [-0.05, 0) is 0 Å². The number of nitrogens with zero attached hydrogens (tertiary/aromatic N) is 3. The van der Waals surface area contributed by atoms with E-state index in [2.05, 4.69) is 10.1 Å². The van der Waals surface area contributed by atoms with Crippen LogP contribution in [-0.4, -0.2) is 30.8 Å². The minimum atomic E-state index is -1.14. The van der Waals surface area contributed by atoms with Crippen LogP contribution >= 0.6 is 11.6 Å². The normalized spacial score (nSPS) is 10.6. The van der Waals surface area contributed by atoms with Gasteiger partial charge in [0, 0.05) is 0 Å². The summed E-state index contributed by atoms with van der Waals surface area (Å²) in [6.07, 6.45) is 2.33. The van der Waals surface area contributed by atoms with E-state index in [0.717, 1.165) is 10.7 Å². The number of hydrogen-bond acceptors (Lipinski definition) is 4. The summed E-state index contributed by atoms with van der Waals surface area (Å²) in [5.74, 6) is -1.39. The highest BCUT2D eigenvalue weighted by Gasteiger charge is 2.14. The third-order valence-electron chi connectivity index (χ3n) is 1.66. The smallest absolute Gasteiger partial charge is 0.341 e. The number of hydrogen-bond donors (Lipinski definition) is 2. The molecular weight excluding hydrogens is 210 g/mol. The Bertz CT molecular complexity index is 522. The molecule has 2 N–H and O–H groups in total. The van der Waals surface area contributed by atoms with Crippen LogP contribution in [0.25, 0.3) is 5.65 Å². The van der Waals surface area contributed by atoms with Crippen LogP contribution in [-0.2, 0) is 0 Å². The fourth-order valence-electron chi connectivity index (χ4n) is 1.03. The van der Waals surface area contributed by atoms with E-state index < -0.39 is 5.97 Å². The Hall–Kier alpha value is -1.82. The van der Waals surface area contributed by atoms with E-state index in [9.17, 15) is 4.79 Å². The molecule has 0 fully saturated rings. The zero-order chi connectivity index (χ0) is 10.3. The maximum absolute atomic E-state index is 10.7. The second-order valence-electron chi connectivity index (χ2n) is 2.55. The lowest BCUT2D eigenvalue weighted by molar-refractivity contribution is 0.0698. The van der Waals surface area contributed by atoms with Gasteiger partial charge >= 0.3 is 5.97 Å². The molecule has 2 aromatic heterocycles. The standard InChI is InChI=1S/C7H4ClN3O3/c8-5-4(12)2-11-6(10-5)3(1-9-11)7(13)14/h1-2,12H,(H,13,14). The van der Waals surface area contributed by atoms with Crippen molar-refractivity contribution in [1.29, 1.82) is 0 Å². The summed E-state index contributed by atoms with van der Waals surface area (Å²) >= 11 is 5.53. The van der Waals surface area contributed by atoms with Crippen molar-refractivity contribution in [2.24, 2.45) is 0 Å². The molecule has 14 heavy (non-hydrogen) atoms. The van der Waals surface area contributed by atoms with Crippen LogP contribution in [0.4, 0.5) is 0 Å². The summed E-state index contributed by atoms with van der Waals surface area (Å²) in [6, 6.07) is 0. The van der Waals surface area contributed by atoms with E-state index in [-0.39, 0.29) is 22.1 Å². The molecule has 2 rings (SSSR count). The molecule has 0 unspecified atom stereocenters. The first-order valence-corrected chi connectivity index (χ1v) is 3.93. The molecule has 72 valence electrons. The van der Waals surface area contributed by atoms with Gasteiger partial charge in [-0.3, -0.25) is 0 Å². The summed E-state index contributed by atoms with van der Waals surface area (Å²) < 4.78 is 1.14. The third-order valence-corrected chi connectivity index (χ3v) is 1.94. The number of carbonyl (C=O) groups is 1. The number of carboxylic acids is 1. The van der Waals surface area contributed by atoms with Crippen molar-refractivity contribution in [2.75, 3.05) is 0 Å². The van der Waals surface area contributed by atoms with E-state index in [1.165, 1.54) is 6.20 Å². The zero-order valence-electron chi connectivity index (χ0n) is 6.68. The molecule has 7 heteroatoms. The highest BCUT2D eigenvalue weighted by Crippen LogP contribution is 2.21. The number of fused-ring (bicyclic) bond motifs is 1. The van der Waals surface area contributed by atoms with Gasteiger partial charge in [0.2, 0.25) is 0 Å². The monoisotopic (exact) mass is 213 g/mol. The molecule has 0 aliphatic rings. The van der Waals surface area contributed by atoms with Crippen LogP contribution < -0.4 is 0 Å². The molecule has 0 saturated heterocycles. The molecular formula is C7H4ClN3O3. The highest BCUT2D eigenvalue weighted by molar-refractivity contribution is 6.30. The number of carboxylic acid groups (broad SMARTS) is 1. The molecule has 0 saturated carbocycles. The Morgan fingerprint density at radius 2 is 2.29 bits per heavy atom. The maximum atomic E-state index is 10.7. The van der Waals surface area contributed by atoms with Gasteiger partial charge < -0.3 is 10.2 Å². The molecule has 0 spiro atoms. The summed E-state index contributed by atoms with van der Waals surface area (Å²) in [6.45, 7) is 0. The molecule has 0 amide bonds. The van der Waals surface area contributed by atoms with Crippen molar-refractivity contribution in [3.8, 4) is 5.75 Å². The van der Waals surface area contributed by atoms with Gasteiger partial charge in [-0.25, -0.2) is 14.3 Å². The molecule has 0 aliphatic carbocycles. The Morgan fingerprint density at radius 1 is 1.57 bits per heavy atom. The molecule has 0 aliphatic heterocycles. The SMILES string of the molecule is O=C(O)c1cnn2cc(O)c(Cl)nc12. The number of aromatic hydroxyl groups is 1. The van der Waals surface area contributed by atoms with Crippen LogP contribution in [0.1, 0.15) is 10.4 Å². The summed E-state index contributed by atoms with van der Waals surface area (Å²) in [7, 11) is 0. The first-order valence-electron chi connectivity index (χ1n) is 3.55. The van der Waals surface area contributed by atoms with Crippen LogP contribution in [0.2, 0.25) is 5.15 Å². The second kappa shape index (κ2) is 2.85. The number of aromatic carboxylic acids is 1. The second-order valence-corrected chi connectivity index (χ2v) is 2.91. The average molecular weight is 214 g/mol. The van der Waals surface area contributed by atoms with E-state index in [0.29, 0.717) is 0 Å². The maximum Gasteiger partial charge on any atom is 0.341 e. The Kier molecular flexibility index (Phi) is 1.78. The average Bonchev–Trinajstić information content (AvgIpc) is 2.48. The van der Waals surface area contributed by atoms with Gasteiger partial charge in [-0.1, -0.05) is 11.6 Å². The van der Waals surface area contributed by atoms with E-state index >= 15 is 0 Å². The molecule has 0 radical (unpaired) electrons. The van der Waals surface area contributed by atoms with Crippen molar-refractivity contribution in [3.63, 3.8) is 0 Å². The fraction of sp³-hybridized carbons (Fsp3) is 0. The topological polar surface area (TPSA) is 87.7 Å². The first kappa shape index (κ1) is 8.76. The molecule has 2 aromatic rings. The van der Waals surface area contributed by atoms with E-state index in [4.69, 9.17) is 21.8 Å². The lowest BCUT2D eigenvalue weighted by Gasteiger charge is -1.97. The van der Waals surface area contributed by atoms with Crippen molar-refractivity contribution < 1.29 is 15.0 Å². The third kappa shape index (κ3) is 1.16. The first-order chi connectivity index (χ1) is 6.59. The van der Waals surface area contributed by atoms with Crippen molar-refractivity contribution in [2.45, 2.75) is 0 Å². The Labute approximate surface area is 82.4 Å². The fourth-order valence-corrected chi connectivity index (χ4v) is 1.16. The lowest BCUT2D eigenvalue weighted by Crippen LogP contribution is -1.97. The summed E-state index contributed by atoms with van der Waals surface area (Å²) in [4.78, 5) is 14.4. The van der Waals surface area contributed by atoms with Crippen LogP contribution in [0.15, 0.2) is 12.4 Å². The lowest BCUT2D eigenvalue weighted by atomic mass is 10.3. The van der Waals surface area contributed by atoms with E-state index in [1.54, 1.807) is 0 Å². The number of aromatic nitrogens is 3. The molecule has 0 atom stereocenters. The molecule has 0 aromatic carbocycles. The minimum Gasteiger partial charge on any atom is -0.504 e. The van der Waals surface area contributed by atoms with Crippen LogP contribution in [0.5, 0.6) is 5.75 Å². The van der Waals surface area contributed by atoms with Gasteiger partial charge in [0.15, 0.2) is 16.5 Å². The van der Waals surface area contributed by atoms with Crippen molar-refractivity contribution in [3.05, 3.63) is 23.1 Å². The Morgan fingerprint density at radius 3 is 2.93 bits per heavy atom. The van der Waals surface area contributed by atoms with Crippen molar-refractivity contribution >= 4 is 23.2 Å². The predicted octanol–water partition coefficient (Wildman–Crippen LogP) is 0.786. The molecule has 0 bridgehead atoms.